The molecule has 0 heterocycles. The summed E-state index contributed by atoms with van der Waals surface area (Å²) in [6, 6.07) is 25.0. The van der Waals surface area contributed by atoms with Crippen molar-refractivity contribution in [3.63, 3.8) is 0 Å². The van der Waals surface area contributed by atoms with Crippen molar-refractivity contribution in [3.8, 4) is 5.75 Å². The molecule has 2 amide bonds. The Kier molecular flexibility index (Phi) is 5.62. The van der Waals surface area contributed by atoms with Gasteiger partial charge in [0.15, 0.2) is 6.61 Å². The molecule has 0 fully saturated rings. The Labute approximate surface area is 151 Å². The molecule has 0 bridgehead atoms. The third kappa shape index (κ3) is 4.95. The number of amides is 2. The summed E-state index contributed by atoms with van der Waals surface area (Å²) in [7, 11) is 0. The van der Waals surface area contributed by atoms with Gasteiger partial charge < -0.3 is 15.4 Å². The summed E-state index contributed by atoms with van der Waals surface area (Å²) in [5.74, 6) is 0.0842. The molecule has 0 saturated carbocycles. The highest BCUT2D eigenvalue weighted by molar-refractivity contribution is 6.05. The topological polar surface area (TPSA) is 67.4 Å². The number of anilines is 2. The van der Waals surface area contributed by atoms with Crippen LogP contribution in [-0.2, 0) is 4.79 Å². The van der Waals surface area contributed by atoms with Crippen molar-refractivity contribution >= 4 is 23.2 Å². The molecule has 0 aliphatic heterocycles. The van der Waals surface area contributed by atoms with Crippen molar-refractivity contribution in [2.45, 2.75) is 0 Å². The van der Waals surface area contributed by atoms with Gasteiger partial charge in [0.05, 0.1) is 0 Å². The summed E-state index contributed by atoms with van der Waals surface area (Å²) in [6.45, 7) is -0.107. The fraction of sp³-hybridized carbons (Fsp3) is 0.0476. The van der Waals surface area contributed by atoms with Gasteiger partial charge in [0.25, 0.3) is 11.8 Å². The van der Waals surface area contributed by atoms with Crippen molar-refractivity contribution in [2.75, 3.05) is 17.2 Å². The van der Waals surface area contributed by atoms with Crippen molar-refractivity contribution in [2.24, 2.45) is 0 Å². The zero-order valence-electron chi connectivity index (χ0n) is 14.0. The van der Waals surface area contributed by atoms with E-state index < -0.39 is 0 Å². The van der Waals surface area contributed by atoms with Crippen LogP contribution in [0.25, 0.3) is 0 Å². The lowest BCUT2D eigenvalue weighted by molar-refractivity contribution is -0.118. The maximum Gasteiger partial charge on any atom is 0.262 e. The quantitative estimate of drug-likeness (QED) is 0.710. The molecule has 0 unspecified atom stereocenters. The van der Waals surface area contributed by atoms with E-state index >= 15 is 0 Å². The Hall–Kier alpha value is -3.60. The maximum absolute atomic E-state index is 12.3. The summed E-state index contributed by atoms with van der Waals surface area (Å²) in [6.07, 6.45) is 0. The van der Waals surface area contributed by atoms with E-state index in [2.05, 4.69) is 10.6 Å². The van der Waals surface area contributed by atoms with Crippen LogP contribution in [0, 0.1) is 0 Å². The number of ether oxygens (including phenoxy) is 1. The minimum absolute atomic E-state index is 0.107. The number of carbonyl (C=O) groups is 2. The highest BCUT2D eigenvalue weighted by Crippen LogP contribution is 2.14. The van der Waals surface area contributed by atoms with Gasteiger partial charge in [-0.2, -0.15) is 0 Å². The van der Waals surface area contributed by atoms with Gasteiger partial charge in [0, 0.05) is 16.9 Å². The summed E-state index contributed by atoms with van der Waals surface area (Å²) in [4.78, 5) is 24.3. The normalized spacial score (nSPS) is 10.0. The molecule has 0 aliphatic rings. The fourth-order valence-electron chi connectivity index (χ4n) is 2.33. The Morgan fingerprint density at radius 1 is 0.731 bits per heavy atom. The van der Waals surface area contributed by atoms with Crippen LogP contribution in [0.4, 0.5) is 11.4 Å². The van der Waals surface area contributed by atoms with Gasteiger partial charge in [-0.05, 0) is 42.5 Å². The van der Waals surface area contributed by atoms with Gasteiger partial charge >= 0.3 is 0 Å². The monoisotopic (exact) mass is 346 g/mol. The molecule has 5 heteroatoms. The molecule has 5 nitrogen and oxygen atoms in total. The average Bonchev–Trinajstić information content (AvgIpc) is 2.68. The van der Waals surface area contributed by atoms with Crippen LogP contribution in [0.2, 0.25) is 0 Å². The maximum atomic E-state index is 12.3. The molecule has 0 atom stereocenters. The lowest BCUT2D eigenvalue weighted by atomic mass is 10.2. The SMILES string of the molecule is O=C(COc1ccccc1)Nc1cccc(C(=O)Nc2ccccc2)c1. The summed E-state index contributed by atoms with van der Waals surface area (Å²) >= 11 is 0. The lowest BCUT2D eigenvalue weighted by Crippen LogP contribution is -2.20. The van der Waals surface area contributed by atoms with Gasteiger partial charge in [-0.1, -0.05) is 42.5 Å². The Morgan fingerprint density at radius 2 is 1.38 bits per heavy atom. The molecule has 130 valence electrons. The van der Waals surface area contributed by atoms with E-state index in [0.717, 1.165) is 0 Å². The zero-order chi connectivity index (χ0) is 18.2. The smallest absolute Gasteiger partial charge is 0.262 e. The molecular formula is C21H18N2O3. The number of carbonyl (C=O) groups excluding carboxylic acids is 2. The molecule has 0 aromatic heterocycles. The second-order valence-corrected chi connectivity index (χ2v) is 5.55. The highest BCUT2D eigenvalue weighted by Gasteiger charge is 2.09. The summed E-state index contributed by atoms with van der Waals surface area (Å²) in [5, 5.41) is 5.54. The third-order valence-corrected chi connectivity index (χ3v) is 3.55. The van der Waals surface area contributed by atoms with Gasteiger partial charge in [0.1, 0.15) is 5.75 Å². The Bertz CT molecular complexity index is 880. The molecule has 3 aromatic carbocycles. The Morgan fingerprint density at radius 3 is 2.12 bits per heavy atom. The predicted molar refractivity (Wildman–Crippen MR) is 101 cm³/mol. The van der Waals surface area contributed by atoms with Gasteiger partial charge in [-0.25, -0.2) is 0 Å². The summed E-state index contributed by atoms with van der Waals surface area (Å²) < 4.78 is 5.41. The van der Waals surface area contributed by atoms with Crippen LogP contribution in [0.5, 0.6) is 5.75 Å². The van der Waals surface area contributed by atoms with E-state index in [1.807, 2.05) is 48.5 Å². The number of para-hydroxylation sites is 2. The predicted octanol–water partition coefficient (Wildman–Crippen LogP) is 3.96. The first kappa shape index (κ1) is 17.2. The number of benzene rings is 3. The standard InChI is InChI=1S/C21H18N2O3/c24-20(15-26-19-12-5-2-6-13-19)22-18-11-7-8-16(14-18)21(25)23-17-9-3-1-4-10-17/h1-14H,15H2,(H,22,24)(H,23,25). The summed E-state index contributed by atoms with van der Waals surface area (Å²) in [5.41, 5.74) is 1.70. The third-order valence-electron chi connectivity index (χ3n) is 3.55. The number of hydrogen-bond donors (Lipinski definition) is 2. The van der Waals surface area contributed by atoms with Crippen LogP contribution in [-0.4, -0.2) is 18.4 Å². The van der Waals surface area contributed by atoms with E-state index in [1.165, 1.54) is 0 Å². The first-order valence-electron chi connectivity index (χ1n) is 8.15. The zero-order valence-corrected chi connectivity index (χ0v) is 14.0. The molecule has 0 spiro atoms. The van der Waals surface area contributed by atoms with Crippen LogP contribution in [0.15, 0.2) is 84.9 Å². The molecule has 0 aliphatic carbocycles. The van der Waals surface area contributed by atoms with Crippen LogP contribution in [0.3, 0.4) is 0 Å². The van der Waals surface area contributed by atoms with Crippen LogP contribution < -0.4 is 15.4 Å². The molecular weight excluding hydrogens is 328 g/mol. The fourth-order valence-corrected chi connectivity index (χ4v) is 2.33. The second kappa shape index (κ2) is 8.48. The van der Waals surface area contributed by atoms with Crippen molar-refractivity contribution < 1.29 is 14.3 Å². The highest BCUT2D eigenvalue weighted by atomic mass is 16.5. The van der Waals surface area contributed by atoms with E-state index in [1.54, 1.807) is 36.4 Å². The van der Waals surface area contributed by atoms with Gasteiger partial charge in [-0.3, -0.25) is 9.59 Å². The van der Waals surface area contributed by atoms with E-state index in [0.29, 0.717) is 22.7 Å². The molecule has 26 heavy (non-hydrogen) atoms. The number of rotatable bonds is 6. The van der Waals surface area contributed by atoms with Gasteiger partial charge in [0.2, 0.25) is 0 Å². The van der Waals surface area contributed by atoms with E-state index in [4.69, 9.17) is 4.74 Å². The molecule has 0 radical (unpaired) electrons. The largest absolute Gasteiger partial charge is 0.484 e. The molecule has 2 N–H and O–H groups in total. The Balaban J connectivity index is 1.58. The van der Waals surface area contributed by atoms with Crippen LogP contribution >= 0.6 is 0 Å². The number of nitrogens with one attached hydrogen (secondary N) is 2. The lowest BCUT2D eigenvalue weighted by Gasteiger charge is -2.09. The van der Waals surface area contributed by atoms with Crippen molar-refractivity contribution in [3.05, 3.63) is 90.5 Å². The first-order valence-corrected chi connectivity index (χ1v) is 8.15. The minimum Gasteiger partial charge on any atom is -0.484 e. The van der Waals surface area contributed by atoms with Gasteiger partial charge in [-0.15, -0.1) is 0 Å². The molecule has 3 aromatic rings. The molecule has 0 saturated heterocycles. The molecule has 3 rings (SSSR count). The minimum atomic E-state index is -0.297. The first-order chi connectivity index (χ1) is 12.7. The van der Waals surface area contributed by atoms with Crippen molar-refractivity contribution in [1.82, 2.24) is 0 Å². The van der Waals surface area contributed by atoms with E-state index in [9.17, 15) is 9.59 Å². The van der Waals surface area contributed by atoms with Crippen molar-refractivity contribution in [1.29, 1.82) is 0 Å². The average molecular weight is 346 g/mol. The second-order valence-electron chi connectivity index (χ2n) is 5.55. The van der Waals surface area contributed by atoms with E-state index in [-0.39, 0.29) is 18.4 Å². The van der Waals surface area contributed by atoms with Crippen LogP contribution in [0.1, 0.15) is 10.4 Å². The number of hydrogen-bond acceptors (Lipinski definition) is 3.